The van der Waals surface area contributed by atoms with Crippen LogP contribution in [0, 0.1) is 0 Å². The number of nitrogens with one attached hydrogen (secondary N) is 1. The van der Waals surface area contributed by atoms with Crippen LogP contribution in [-0.2, 0) is 0 Å². The monoisotopic (exact) mass is 314 g/mol. The molecule has 1 aliphatic heterocycles. The van der Waals surface area contributed by atoms with Crippen LogP contribution in [0.25, 0.3) is 5.57 Å². The molecule has 0 aromatic heterocycles. The highest BCUT2D eigenvalue weighted by Crippen LogP contribution is 2.44. The zero-order valence-corrected chi connectivity index (χ0v) is 15.6. The van der Waals surface area contributed by atoms with Gasteiger partial charge in [-0.05, 0) is 56.5 Å². The van der Waals surface area contributed by atoms with E-state index in [2.05, 4.69) is 54.3 Å². The summed E-state index contributed by atoms with van der Waals surface area (Å²) >= 11 is 0. The van der Waals surface area contributed by atoms with E-state index in [0.29, 0.717) is 6.04 Å². The molecule has 0 spiro atoms. The molecule has 1 fully saturated rings. The van der Waals surface area contributed by atoms with Crippen LogP contribution >= 0.6 is 0 Å². The number of rotatable bonds is 1. The molecule has 1 N–H and O–H groups in total. The number of nitrogens with zero attached hydrogens (tertiary/aromatic N) is 1. The molecule has 2 heteroatoms. The van der Waals surface area contributed by atoms with Crippen LogP contribution < -0.4 is 5.32 Å². The summed E-state index contributed by atoms with van der Waals surface area (Å²) in [7, 11) is 4.27. The van der Waals surface area contributed by atoms with Gasteiger partial charge in [0.2, 0.25) is 0 Å². The molecule has 2 unspecified atom stereocenters. The summed E-state index contributed by atoms with van der Waals surface area (Å²) in [5.74, 6) is 0.731. The molecule has 1 aromatic rings. The maximum Gasteiger partial charge on any atom is 0.0202 e. The first kappa shape index (κ1) is 19.5. The second kappa shape index (κ2) is 10.3. The Morgan fingerprint density at radius 1 is 1.26 bits per heavy atom. The number of likely N-dealkylation sites (N-methyl/N-ethyl adjacent to an activating group) is 1. The largest absolute Gasteiger partial charge is 0.394 e. The zero-order valence-electron chi connectivity index (χ0n) is 15.6. The highest BCUT2D eigenvalue weighted by molar-refractivity contribution is 5.71. The smallest absolute Gasteiger partial charge is 0.0202 e. The van der Waals surface area contributed by atoms with E-state index in [4.69, 9.17) is 0 Å². The molecule has 3 rings (SSSR count). The molecule has 2 nitrogen and oxygen atoms in total. The number of fused-ring (bicyclic) bond motifs is 3. The summed E-state index contributed by atoms with van der Waals surface area (Å²) in [4.78, 5) is 2.55. The third kappa shape index (κ3) is 4.71. The molecule has 1 saturated heterocycles. The predicted octanol–water partition coefficient (Wildman–Crippen LogP) is 5.05. The molecule has 1 aromatic carbocycles. The summed E-state index contributed by atoms with van der Waals surface area (Å²) in [5, 5.41) is 3.21. The van der Waals surface area contributed by atoms with E-state index in [0.717, 1.165) is 5.92 Å². The summed E-state index contributed by atoms with van der Waals surface area (Å²) in [6, 6.07) is 9.65. The van der Waals surface area contributed by atoms with E-state index >= 15 is 0 Å². The van der Waals surface area contributed by atoms with E-state index < -0.39 is 0 Å². The van der Waals surface area contributed by atoms with Crippen molar-refractivity contribution < 1.29 is 0 Å². The summed E-state index contributed by atoms with van der Waals surface area (Å²) in [6.45, 7) is 10.5. The Bertz CT molecular complexity index is 504. The first-order chi connectivity index (χ1) is 11.2. The maximum atomic E-state index is 3.36. The van der Waals surface area contributed by atoms with E-state index in [1.807, 2.05) is 27.8 Å². The Kier molecular flexibility index (Phi) is 8.71. The molecule has 0 saturated carbocycles. The van der Waals surface area contributed by atoms with Crippen LogP contribution in [0.1, 0.15) is 57.1 Å². The van der Waals surface area contributed by atoms with Crippen LogP contribution in [0.2, 0.25) is 0 Å². The molecule has 1 heterocycles. The molecule has 0 bridgehead atoms. The average molecular weight is 315 g/mol. The maximum absolute atomic E-state index is 3.36. The Labute approximate surface area is 143 Å². The normalized spacial score (nSPS) is 24.1. The second-order valence-electron chi connectivity index (χ2n) is 5.95. The highest BCUT2D eigenvalue weighted by Gasteiger charge is 2.36. The molecular formula is C21H34N2. The zero-order chi connectivity index (χ0) is 17.2. The molecular weight excluding hydrogens is 280 g/mol. The minimum absolute atomic E-state index is 0.688. The van der Waals surface area contributed by atoms with E-state index in [1.54, 1.807) is 11.6 Å². The van der Waals surface area contributed by atoms with Gasteiger partial charge in [-0.15, -0.1) is 6.58 Å². The Morgan fingerprint density at radius 3 is 2.57 bits per heavy atom. The molecule has 2 atom stereocenters. The van der Waals surface area contributed by atoms with Crippen LogP contribution in [0.15, 0.2) is 43.1 Å². The van der Waals surface area contributed by atoms with Crippen molar-refractivity contribution in [3.63, 3.8) is 0 Å². The Balaban J connectivity index is 0.000000477. The van der Waals surface area contributed by atoms with Crippen molar-refractivity contribution in [2.75, 3.05) is 20.6 Å². The highest BCUT2D eigenvalue weighted by atomic mass is 15.1. The lowest BCUT2D eigenvalue weighted by molar-refractivity contribution is 0.159. The van der Waals surface area contributed by atoms with Crippen molar-refractivity contribution in [3.8, 4) is 0 Å². The van der Waals surface area contributed by atoms with Crippen LogP contribution in [0.4, 0.5) is 0 Å². The van der Waals surface area contributed by atoms with Crippen molar-refractivity contribution in [1.29, 1.82) is 0 Å². The number of hydrogen-bond acceptors (Lipinski definition) is 2. The van der Waals surface area contributed by atoms with Gasteiger partial charge in [0.15, 0.2) is 0 Å². The van der Waals surface area contributed by atoms with Crippen molar-refractivity contribution in [2.24, 2.45) is 0 Å². The van der Waals surface area contributed by atoms with Gasteiger partial charge in [0.25, 0.3) is 0 Å². The van der Waals surface area contributed by atoms with Gasteiger partial charge in [-0.1, -0.05) is 44.2 Å². The Hall–Kier alpha value is -1.54. The van der Waals surface area contributed by atoms with E-state index in [-0.39, 0.29) is 0 Å². The van der Waals surface area contributed by atoms with Crippen LogP contribution in [-0.4, -0.2) is 31.6 Å². The fourth-order valence-corrected chi connectivity index (χ4v) is 3.65. The number of allylic oxidation sites excluding steroid dienone is 1. The fourth-order valence-electron chi connectivity index (χ4n) is 3.65. The summed E-state index contributed by atoms with van der Waals surface area (Å²) in [6.07, 6.45) is 7.78. The average Bonchev–Trinajstić information content (AvgIpc) is 2.59. The standard InChI is InChI=1S/C16H22N2.C3H6.C2H6/c1-17-11-12-10-16-15(8-5-9-18(16)2)14-7-4-3-6-13(12)14;1-3-2;1-2/h3-4,6-7,11,15-17H,5,8-10H2,1-2H3;3H,1H2,2H3;1-2H3/b12-11-;;. The van der Waals surface area contributed by atoms with Gasteiger partial charge in [0, 0.05) is 25.2 Å². The minimum atomic E-state index is 0.688. The van der Waals surface area contributed by atoms with Gasteiger partial charge >= 0.3 is 0 Å². The van der Waals surface area contributed by atoms with E-state index in [1.165, 1.54) is 36.9 Å². The van der Waals surface area contributed by atoms with Crippen molar-refractivity contribution in [2.45, 2.75) is 52.0 Å². The molecule has 0 amide bonds. The molecule has 1 aliphatic carbocycles. The lowest BCUT2D eigenvalue weighted by Crippen LogP contribution is -2.43. The topological polar surface area (TPSA) is 15.3 Å². The van der Waals surface area contributed by atoms with Crippen molar-refractivity contribution in [1.82, 2.24) is 10.2 Å². The summed E-state index contributed by atoms with van der Waals surface area (Å²) < 4.78 is 0. The van der Waals surface area contributed by atoms with Gasteiger partial charge in [-0.3, -0.25) is 0 Å². The first-order valence-electron chi connectivity index (χ1n) is 8.95. The van der Waals surface area contributed by atoms with Gasteiger partial charge in [-0.2, -0.15) is 0 Å². The van der Waals surface area contributed by atoms with Crippen LogP contribution in [0.5, 0.6) is 0 Å². The Morgan fingerprint density at radius 2 is 1.91 bits per heavy atom. The quantitative estimate of drug-likeness (QED) is 0.730. The summed E-state index contributed by atoms with van der Waals surface area (Å²) in [5.41, 5.74) is 4.48. The first-order valence-corrected chi connectivity index (χ1v) is 8.95. The van der Waals surface area contributed by atoms with Gasteiger partial charge < -0.3 is 10.2 Å². The molecule has 2 aliphatic rings. The third-order valence-corrected chi connectivity index (χ3v) is 4.51. The van der Waals surface area contributed by atoms with Crippen LogP contribution in [0.3, 0.4) is 0 Å². The fraction of sp³-hybridized carbons (Fsp3) is 0.524. The van der Waals surface area contributed by atoms with Crippen molar-refractivity contribution >= 4 is 5.57 Å². The minimum Gasteiger partial charge on any atom is -0.394 e. The number of likely N-dealkylation sites (tertiary alicyclic amines) is 1. The molecule has 128 valence electrons. The lowest BCUT2D eigenvalue weighted by Gasteiger charge is -2.44. The van der Waals surface area contributed by atoms with Gasteiger partial charge in [0.05, 0.1) is 0 Å². The number of hydrogen-bond donors (Lipinski definition) is 1. The third-order valence-electron chi connectivity index (χ3n) is 4.51. The SMILES string of the molecule is C=CC.CC.CN/C=C1/CC2C(CCCN2C)c2ccccc21. The molecule has 23 heavy (non-hydrogen) atoms. The van der Waals surface area contributed by atoms with Gasteiger partial charge in [0.1, 0.15) is 0 Å². The van der Waals surface area contributed by atoms with Crippen molar-refractivity contribution in [3.05, 3.63) is 54.2 Å². The number of benzene rings is 1. The number of piperidine rings is 1. The predicted molar refractivity (Wildman–Crippen MR) is 104 cm³/mol. The lowest BCUT2D eigenvalue weighted by atomic mass is 9.72. The second-order valence-corrected chi connectivity index (χ2v) is 5.95. The van der Waals surface area contributed by atoms with E-state index in [9.17, 15) is 0 Å². The van der Waals surface area contributed by atoms with Gasteiger partial charge in [-0.25, -0.2) is 0 Å². The molecule has 0 radical (unpaired) electrons.